The smallest absolute Gasteiger partial charge is 0.308 e. The zero-order chi connectivity index (χ0) is 14.5. The highest BCUT2D eigenvalue weighted by Gasteiger charge is 2.07. The van der Waals surface area contributed by atoms with Crippen molar-refractivity contribution in [3.05, 3.63) is 41.0 Å². The van der Waals surface area contributed by atoms with Crippen LogP contribution in [-0.2, 0) is 4.79 Å². The topological polar surface area (TPSA) is 26.3 Å². The number of carbonyl (C=O) groups is 1. The number of carbonyl (C=O) groups excluding carboxylic acids is 1. The maximum Gasteiger partial charge on any atom is 0.308 e. The lowest BCUT2D eigenvalue weighted by atomic mass is 10.1. The van der Waals surface area contributed by atoms with Gasteiger partial charge in [-0.2, -0.15) is 0 Å². The van der Waals surface area contributed by atoms with Crippen molar-refractivity contribution in [2.24, 2.45) is 0 Å². The molecule has 0 heterocycles. The molecule has 1 aromatic rings. The van der Waals surface area contributed by atoms with Gasteiger partial charge < -0.3 is 4.74 Å². The monoisotopic (exact) mass is 276 g/mol. The van der Waals surface area contributed by atoms with Crippen LogP contribution in [0.2, 0.25) is 0 Å². The lowest BCUT2D eigenvalue weighted by Gasteiger charge is -2.12. The van der Waals surface area contributed by atoms with Gasteiger partial charge in [0.25, 0.3) is 0 Å². The van der Waals surface area contributed by atoms with E-state index in [-0.39, 0.29) is 10.7 Å². The molecule has 0 amide bonds. The Hall–Kier alpha value is -1.44. The minimum Gasteiger partial charge on any atom is -0.427 e. The molecule has 0 saturated carbocycles. The van der Waals surface area contributed by atoms with Crippen molar-refractivity contribution >= 4 is 23.3 Å². The van der Waals surface area contributed by atoms with Crippen molar-refractivity contribution in [2.45, 2.75) is 39.4 Å². The lowest BCUT2D eigenvalue weighted by Crippen LogP contribution is -2.04. The van der Waals surface area contributed by atoms with Gasteiger partial charge in [0.05, 0.1) is 0 Å². The number of esters is 1. The summed E-state index contributed by atoms with van der Waals surface area (Å²) in [6.45, 7) is 9.87. The molecule has 0 fully saturated rings. The van der Waals surface area contributed by atoms with Crippen LogP contribution in [0, 0.1) is 0 Å². The summed E-state index contributed by atoms with van der Waals surface area (Å²) in [6, 6.07) is 7.46. The summed E-state index contributed by atoms with van der Waals surface area (Å²) in [5, 5.41) is 1.98. The Balaban J connectivity index is 2.90. The molecule has 0 atom stereocenters. The molecule has 0 N–H and O–H groups in total. The summed E-state index contributed by atoms with van der Waals surface area (Å²) < 4.78 is 5.26. The van der Waals surface area contributed by atoms with E-state index in [2.05, 4.69) is 26.5 Å². The fourth-order valence-electron chi connectivity index (χ4n) is 1.34. The molecule has 0 unspecified atom stereocenters. The Morgan fingerprint density at radius 3 is 2.58 bits per heavy atom. The zero-order valence-electron chi connectivity index (χ0n) is 12.1. The predicted octanol–water partition coefficient (Wildman–Crippen LogP) is 4.66. The highest BCUT2D eigenvalue weighted by atomic mass is 32.2. The second-order valence-corrected chi connectivity index (χ2v) is 6.94. The number of benzene rings is 1. The van der Waals surface area contributed by atoms with Gasteiger partial charge in [-0.25, -0.2) is 0 Å². The summed E-state index contributed by atoms with van der Waals surface area (Å²) >= 11 is 1.73. The van der Waals surface area contributed by atoms with Crippen molar-refractivity contribution in [1.29, 1.82) is 0 Å². The van der Waals surface area contributed by atoms with Crippen LogP contribution in [0.4, 0.5) is 0 Å². The normalized spacial score (nSPS) is 10.6. The fourth-order valence-corrected chi connectivity index (χ4v) is 1.93. The van der Waals surface area contributed by atoms with E-state index in [4.69, 9.17) is 4.74 Å². The summed E-state index contributed by atoms with van der Waals surface area (Å²) in [7, 11) is 0. The molecule has 0 aliphatic rings. The number of hydrogen-bond donors (Lipinski definition) is 0. The van der Waals surface area contributed by atoms with Crippen molar-refractivity contribution in [3.63, 3.8) is 0 Å². The standard InChI is InChI=1S/C16H20O2S/c1-12(9-10-19-16(3,4)5)14-7-6-8-15(11-14)18-13(2)17/h6-8,10-11H,1-5H3. The predicted molar refractivity (Wildman–Crippen MR) is 82.3 cm³/mol. The molecule has 1 aromatic carbocycles. The number of allylic oxidation sites excluding steroid dienone is 1. The van der Waals surface area contributed by atoms with Gasteiger partial charge in [0.2, 0.25) is 0 Å². The van der Waals surface area contributed by atoms with E-state index in [1.54, 1.807) is 17.8 Å². The molecular weight excluding hydrogens is 256 g/mol. The van der Waals surface area contributed by atoms with Crippen LogP contribution < -0.4 is 4.74 Å². The Morgan fingerprint density at radius 2 is 2.00 bits per heavy atom. The second kappa shape index (κ2) is 6.65. The van der Waals surface area contributed by atoms with Gasteiger partial charge in [0.1, 0.15) is 5.75 Å². The average molecular weight is 276 g/mol. The first kappa shape index (κ1) is 15.6. The minimum atomic E-state index is -0.308. The number of ether oxygens (including phenoxy) is 1. The molecule has 0 aliphatic heterocycles. The molecular formula is C16H20O2S. The van der Waals surface area contributed by atoms with Gasteiger partial charge >= 0.3 is 5.97 Å². The molecule has 0 saturated heterocycles. The number of hydrogen-bond acceptors (Lipinski definition) is 3. The van der Waals surface area contributed by atoms with Crippen molar-refractivity contribution < 1.29 is 9.53 Å². The van der Waals surface area contributed by atoms with Crippen LogP contribution in [0.1, 0.15) is 40.2 Å². The number of thioether (sulfide) groups is 1. The fraction of sp³-hybridized carbons (Fsp3) is 0.375. The summed E-state index contributed by atoms with van der Waals surface area (Å²) in [4.78, 5) is 10.9. The molecule has 1 rings (SSSR count). The first-order valence-electron chi connectivity index (χ1n) is 6.16. The molecule has 0 aliphatic carbocycles. The minimum absolute atomic E-state index is 0.187. The molecule has 3 heteroatoms. The largest absolute Gasteiger partial charge is 0.427 e. The summed E-state index contributed by atoms with van der Waals surface area (Å²) in [5.74, 6) is 0.257. The van der Waals surface area contributed by atoms with E-state index < -0.39 is 0 Å². The Labute approximate surface area is 119 Å². The van der Waals surface area contributed by atoms with Crippen LogP contribution in [0.15, 0.2) is 35.4 Å². The lowest BCUT2D eigenvalue weighted by molar-refractivity contribution is -0.131. The SMILES string of the molecule is CC(=O)Oc1cccc(C(C)=C=CSC(C)(C)C)c1. The molecule has 0 bridgehead atoms. The third kappa shape index (κ3) is 6.32. The molecule has 0 spiro atoms. The Kier molecular flexibility index (Phi) is 5.46. The van der Waals surface area contributed by atoms with Crippen LogP contribution >= 0.6 is 11.8 Å². The van der Waals surface area contributed by atoms with E-state index in [1.165, 1.54) is 6.92 Å². The van der Waals surface area contributed by atoms with Crippen LogP contribution in [-0.4, -0.2) is 10.7 Å². The molecule has 2 nitrogen and oxygen atoms in total. The molecule has 102 valence electrons. The summed E-state index contributed by atoms with van der Waals surface area (Å²) in [5.41, 5.74) is 5.27. The van der Waals surface area contributed by atoms with Crippen molar-refractivity contribution in [3.8, 4) is 5.75 Å². The van der Waals surface area contributed by atoms with Crippen LogP contribution in [0.5, 0.6) is 5.75 Å². The first-order chi connectivity index (χ1) is 8.78. The van der Waals surface area contributed by atoms with Crippen LogP contribution in [0.3, 0.4) is 0 Å². The van der Waals surface area contributed by atoms with Crippen molar-refractivity contribution in [1.82, 2.24) is 0 Å². The van der Waals surface area contributed by atoms with Crippen LogP contribution in [0.25, 0.3) is 5.57 Å². The molecule has 0 radical (unpaired) electrons. The quantitative estimate of drug-likeness (QED) is 0.456. The molecule has 0 aromatic heterocycles. The van der Waals surface area contributed by atoms with Crippen molar-refractivity contribution in [2.75, 3.05) is 0 Å². The maximum atomic E-state index is 10.9. The van der Waals surface area contributed by atoms with E-state index in [9.17, 15) is 4.79 Å². The van der Waals surface area contributed by atoms with Gasteiger partial charge in [-0.15, -0.1) is 17.5 Å². The van der Waals surface area contributed by atoms with Gasteiger partial charge in [-0.05, 0) is 30.2 Å². The van der Waals surface area contributed by atoms with E-state index in [0.29, 0.717) is 5.75 Å². The van der Waals surface area contributed by atoms with E-state index in [1.807, 2.05) is 30.5 Å². The average Bonchev–Trinajstić information content (AvgIpc) is 2.26. The first-order valence-corrected chi connectivity index (χ1v) is 7.04. The van der Waals surface area contributed by atoms with Gasteiger partial charge in [-0.1, -0.05) is 32.9 Å². The maximum absolute atomic E-state index is 10.9. The van der Waals surface area contributed by atoms with E-state index >= 15 is 0 Å². The van der Waals surface area contributed by atoms with Gasteiger partial charge in [0.15, 0.2) is 0 Å². The second-order valence-electron chi connectivity index (χ2n) is 5.24. The Bertz CT molecular complexity index is 518. The third-order valence-corrected chi connectivity index (χ3v) is 3.16. The zero-order valence-corrected chi connectivity index (χ0v) is 12.9. The summed E-state index contributed by atoms with van der Waals surface area (Å²) in [6.07, 6.45) is 0. The van der Waals surface area contributed by atoms with Gasteiger partial charge in [-0.3, -0.25) is 4.79 Å². The Morgan fingerprint density at radius 1 is 1.32 bits per heavy atom. The third-order valence-electron chi connectivity index (χ3n) is 2.22. The number of rotatable bonds is 3. The van der Waals surface area contributed by atoms with E-state index in [0.717, 1.165) is 11.1 Å². The highest BCUT2D eigenvalue weighted by molar-refractivity contribution is 8.03. The van der Waals surface area contributed by atoms with Gasteiger partial charge in [0, 0.05) is 17.1 Å². The molecule has 19 heavy (non-hydrogen) atoms. The highest BCUT2D eigenvalue weighted by Crippen LogP contribution is 2.25.